The Morgan fingerprint density at radius 1 is 1.36 bits per heavy atom. The standard InChI is InChI=1S/C10H10N2O2/c13-12(14)6-5-9-7-8-3-1-2-4-10(8)11-9/h1-7,11-13H/b6-5+. The number of rotatable bonds is 2. The summed E-state index contributed by atoms with van der Waals surface area (Å²) in [4.78, 5) is 3.10. The lowest BCUT2D eigenvalue weighted by molar-refractivity contribution is -1.00. The third-order valence-electron chi connectivity index (χ3n) is 1.96. The van der Waals surface area contributed by atoms with E-state index in [-0.39, 0.29) is 0 Å². The van der Waals surface area contributed by atoms with E-state index in [1.807, 2.05) is 30.3 Å². The minimum Gasteiger partial charge on any atom is -0.595 e. The van der Waals surface area contributed by atoms with Crippen LogP contribution in [0.2, 0.25) is 0 Å². The largest absolute Gasteiger partial charge is 0.595 e. The molecule has 4 nitrogen and oxygen atoms in total. The van der Waals surface area contributed by atoms with Crippen LogP contribution in [0.15, 0.2) is 36.5 Å². The van der Waals surface area contributed by atoms with Crippen LogP contribution in [0.1, 0.15) is 5.69 Å². The van der Waals surface area contributed by atoms with E-state index in [9.17, 15) is 5.21 Å². The fraction of sp³-hybridized carbons (Fsp3) is 0. The topological polar surface area (TPSA) is 63.5 Å². The van der Waals surface area contributed by atoms with E-state index in [2.05, 4.69) is 4.98 Å². The monoisotopic (exact) mass is 190 g/mol. The van der Waals surface area contributed by atoms with Gasteiger partial charge < -0.3 is 10.2 Å². The first-order valence-corrected chi connectivity index (χ1v) is 4.24. The average molecular weight is 190 g/mol. The molecule has 1 aromatic heterocycles. The second kappa shape index (κ2) is 3.63. The van der Waals surface area contributed by atoms with Gasteiger partial charge in [-0.25, -0.2) is 10.4 Å². The quantitative estimate of drug-likeness (QED) is 0.616. The highest BCUT2D eigenvalue weighted by Gasteiger charge is 1.96. The Balaban J connectivity index is 2.36. The number of hydrogen-bond acceptors (Lipinski definition) is 2. The molecule has 0 saturated carbocycles. The molecule has 0 saturated heterocycles. The number of hydroxylamine groups is 2. The molecule has 1 heterocycles. The lowest BCUT2D eigenvalue weighted by Crippen LogP contribution is -2.99. The van der Waals surface area contributed by atoms with Crippen molar-refractivity contribution in [3.8, 4) is 0 Å². The predicted octanol–water partition coefficient (Wildman–Crippen LogP) is 0.910. The van der Waals surface area contributed by atoms with Crippen LogP contribution in [-0.2, 0) is 0 Å². The first-order valence-electron chi connectivity index (χ1n) is 4.24. The Labute approximate surface area is 80.6 Å². The maximum absolute atomic E-state index is 10.3. The summed E-state index contributed by atoms with van der Waals surface area (Å²) in [5, 5.41) is 18.9. The zero-order valence-corrected chi connectivity index (χ0v) is 7.40. The van der Waals surface area contributed by atoms with Crippen LogP contribution in [0.5, 0.6) is 0 Å². The maximum atomic E-state index is 10.3. The summed E-state index contributed by atoms with van der Waals surface area (Å²) in [6, 6.07) is 9.72. The van der Waals surface area contributed by atoms with Crippen LogP contribution in [0.25, 0.3) is 17.0 Å². The van der Waals surface area contributed by atoms with Crippen LogP contribution in [0.4, 0.5) is 0 Å². The number of fused-ring (bicyclic) bond motifs is 1. The Kier molecular flexibility index (Phi) is 2.32. The summed E-state index contributed by atoms with van der Waals surface area (Å²) in [6.45, 7) is 0. The minimum absolute atomic E-state index is 0.800. The molecule has 2 rings (SSSR count). The van der Waals surface area contributed by atoms with Gasteiger partial charge in [-0.05, 0) is 17.5 Å². The van der Waals surface area contributed by atoms with Gasteiger partial charge in [-0.15, -0.1) is 0 Å². The summed E-state index contributed by atoms with van der Waals surface area (Å²) in [6.07, 6.45) is 2.66. The molecule has 0 aliphatic rings. The van der Waals surface area contributed by atoms with E-state index in [0.29, 0.717) is 0 Å². The smallest absolute Gasteiger partial charge is 0.129 e. The van der Waals surface area contributed by atoms with E-state index < -0.39 is 5.23 Å². The van der Waals surface area contributed by atoms with Crippen molar-refractivity contribution < 1.29 is 10.4 Å². The van der Waals surface area contributed by atoms with Gasteiger partial charge in [0.25, 0.3) is 0 Å². The molecule has 1 unspecified atom stereocenters. The van der Waals surface area contributed by atoms with Gasteiger partial charge in [0.1, 0.15) is 6.20 Å². The normalized spacial score (nSPS) is 13.9. The highest BCUT2D eigenvalue weighted by Crippen LogP contribution is 2.14. The van der Waals surface area contributed by atoms with Crippen molar-refractivity contribution in [2.45, 2.75) is 0 Å². The number of aromatic nitrogens is 1. The van der Waals surface area contributed by atoms with Gasteiger partial charge in [0.2, 0.25) is 0 Å². The molecule has 72 valence electrons. The Bertz CT molecular complexity index is 427. The van der Waals surface area contributed by atoms with Crippen LogP contribution < -0.4 is 5.23 Å². The Morgan fingerprint density at radius 3 is 2.86 bits per heavy atom. The van der Waals surface area contributed by atoms with E-state index in [0.717, 1.165) is 22.8 Å². The molecule has 0 aliphatic heterocycles. The molecule has 0 amide bonds. The highest BCUT2D eigenvalue weighted by atomic mass is 16.8. The van der Waals surface area contributed by atoms with Crippen LogP contribution in [0.3, 0.4) is 0 Å². The van der Waals surface area contributed by atoms with Crippen LogP contribution in [0, 0.1) is 5.21 Å². The second-order valence-corrected chi connectivity index (χ2v) is 2.98. The fourth-order valence-electron chi connectivity index (χ4n) is 1.35. The zero-order chi connectivity index (χ0) is 9.97. The molecule has 4 heteroatoms. The number of H-pyrrole nitrogens is 1. The third kappa shape index (κ3) is 1.82. The fourth-order valence-corrected chi connectivity index (χ4v) is 1.35. The van der Waals surface area contributed by atoms with Crippen molar-refractivity contribution in [2.75, 3.05) is 0 Å². The molecule has 14 heavy (non-hydrogen) atoms. The first kappa shape index (κ1) is 8.96. The molecule has 0 fully saturated rings. The molecule has 1 aromatic carbocycles. The summed E-state index contributed by atoms with van der Waals surface area (Å²) in [5.74, 6) is 0. The highest BCUT2D eigenvalue weighted by molar-refractivity contribution is 5.82. The number of aromatic amines is 1. The number of nitrogens with one attached hydrogen (secondary N) is 2. The molecular weight excluding hydrogens is 180 g/mol. The third-order valence-corrected chi connectivity index (χ3v) is 1.96. The van der Waals surface area contributed by atoms with Gasteiger partial charge in [-0.3, -0.25) is 0 Å². The van der Waals surface area contributed by atoms with Crippen molar-refractivity contribution in [1.29, 1.82) is 0 Å². The van der Waals surface area contributed by atoms with Crippen molar-refractivity contribution in [3.05, 3.63) is 47.4 Å². The molecule has 3 N–H and O–H groups in total. The predicted molar refractivity (Wildman–Crippen MR) is 53.4 cm³/mol. The molecule has 0 radical (unpaired) electrons. The Hall–Kier alpha value is -1.62. The molecule has 1 atom stereocenters. The number of benzene rings is 1. The van der Waals surface area contributed by atoms with E-state index in [4.69, 9.17) is 5.21 Å². The SMILES string of the molecule is [O-][NH+](O)/C=C/c1cc2ccccc2[nH]1. The van der Waals surface area contributed by atoms with E-state index in [1.165, 1.54) is 0 Å². The Morgan fingerprint density at radius 2 is 2.14 bits per heavy atom. The second-order valence-electron chi connectivity index (χ2n) is 2.98. The summed E-state index contributed by atoms with van der Waals surface area (Å²) in [7, 11) is 0. The van der Waals surface area contributed by atoms with Gasteiger partial charge in [-0.2, -0.15) is 0 Å². The molecule has 2 aromatic rings. The van der Waals surface area contributed by atoms with E-state index in [1.54, 1.807) is 6.08 Å². The summed E-state index contributed by atoms with van der Waals surface area (Å²) in [5.41, 5.74) is 1.81. The summed E-state index contributed by atoms with van der Waals surface area (Å²) >= 11 is 0. The lowest BCUT2D eigenvalue weighted by Gasteiger charge is -2.02. The van der Waals surface area contributed by atoms with E-state index >= 15 is 0 Å². The van der Waals surface area contributed by atoms with Crippen LogP contribution in [-0.4, -0.2) is 10.2 Å². The van der Waals surface area contributed by atoms with Crippen molar-refractivity contribution >= 4 is 17.0 Å². The molecule has 0 aliphatic carbocycles. The average Bonchev–Trinajstić information content (AvgIpc) is 2.57. The zero-order valence-electron chi connectivity index (χ0n) is 7.40. The van der Waals surface area contributed by atoms with Crippen molar-refractivity contribution in [1.82, 2.24) is 4.98 Å². The molecule has 0 spiro atoms. The van der Waals surface area contributed by atoms with Crippen LogP contribution >= 0.6 is 0 Å². The van der Waals surface area contributed by atoms with Crippen molar-refractivity contribution in [3.63, 3.8) is 0 Å². The van der Waals surface area contributed by atoms with Gasteiger partial charge >= 0.3 is 0 Å². The number of quaternary nitrogens is 1. The van der Waals surface area contributed by atoms with Crippen molar-refractivity contribution in [2.24, 2.45) is 0 Å². The lowest BCUT2D eigenvalue weighted by atomic mass is 10.2. The molecule has 0 bridgehead atoms. The van der Waals surface area contributed by atoms with Gasteiger partial charge in [-0.1, -0.05) is 18.2 Å². The van der Waals surface area contributed by atoms with Gasteiger partial charge in [0.15, 0.2) is 0 Å². The van der Waals surface area contributed by atoms with Gasteiger partial charge in [0.05, 0.1) is 0 Å². The summed E-state index contributed by atoms with van der Waals surface area (Å²) < 4.78 is 0. The first-order chi connectivity index (χ1) is 6.75. The maximum Gasteiger partial charge on any atom is 0.129 e. The number of para-hydroxylation sites is 1. The molecular formula is C10H10N2O2. The van der Waals surface area contributed by atoms with Gasteiger partial charge in [0, 0.05) is 17.3 Å². The number of hydrogen-bond donors (Lipinski definition) is 3. The minimum atomic E-state index is -0.941.